The molecule has 2 aromatic carbocycles. The van der Waals surface area contributed by atoms with Crippen LogP contribution in [-0.2, 0) is 9.59 Å². The largest absolute Gasteiger partial charge is 0.497 e. The van der Waals surface area contributed by atoms with Crippen LogP contribution in [0.1, 0.15) is 24.8 Å². The van der Waals surface area contributed by atoms with E-state index in [2.05, 4.69) is 17.2 Å². The Hall–Kier alpha value is -3.46. The van der Waals surface area contributed by atoms with E-state index in [0.717, 1.165) is 36.4 Å². The monoisotopic (exact) mass is 392 g/mol. The number of carbonyl (C=O) groups excluding carboxylic acids is 2. The molecule has 29 heavy (non-hydrogen) atoms. The van der Waals surface area contributed by atoms with E-state index >= 15 is 0 Å². The smallest absolute Gasteiger partial charge is 0.258 e. The van der Waals surface area contributed by atoms with Crippen LogP contribution in [0.5, 0.6) is 11.5 Å². The lowest BCUT2D eigenvalue weighted by atomic mass is 10.1. The molecule has 1 saturated heterocycles. The lowest BCUT2D eigenvalue weighted by Gasteiger charge is -2.26. The summed E-state index contributed by atoms with van der Waals surface area (Å²) < 4.78 is 10.5. The molecular weight excluding hydrogens is 368 g/mol. The molecule has 2 amide bonds. The third-order valence-electron chi connectivity index (χ3n) is 4.54. The van der Waals surface area contributed by atoms with Crippen molar-refractivity contribution in [1.82, 2.24) is 5.32 Å². The van der Waals surface area contributed by atoms with Crippen LogP contribution < -0.4 is 19.7 Å². The molecule has 0 aromatic heterocycles. The van der Waals surface area contributed by atoms with Gasteiger partial charge in [0, 0.05) is 24.2 Å². The standard InChI is InChI=1S/C23H24N2O4/c1-28-20-11-13-21(14-12-20)29-17-22(26)24-15-4-5-18-7-9-19(10-8-18)25-16-3-2-6-23(25)27/h7-14H,2-3,6,15-17H2,1H3,(H,24,26). The predicted molar refractivity (Wildman–Crippen MR) is 111 cm³/mol. The first-order chi connectivity index (χ1) is 14.2. The van der Waals surface area contributed by atoms with E-state index in [1.807, 2.05) is 29.2 Å². The molecule has 2 aromatic rings. The Balaban J connectivity index is 1.42. The normalized spacial score (nSPS) is 13.3. The van der Waals surface area contributed by atoms with Gasteiger partial charge >= 0.3 is 0 Å². The summed E-state index contributed by atoms with van der Waals surface area (Å²) in [6, 6.07) is 14.6. The van der Waals surface area contributed by atoms with Crippen molar-refractivity contribution in [3.05, 3.63) is 54.1 Å². The molecule has 6 heteroatoms. The molecule has 0 aliphatic carbocycles. The molecule has 0 unspecified atom stereocenters. The number of hydrogen-bond donors (Lipinski definition) is 1. The van der Waals surface area contributed by atoms with E-state index in [0.29, 0.717) is 12.2 Å². The van der Waals surface area contributed by atoms with E-state index in [-0.39, 0.29) is 25.0 Å². The number of rotatable bonds is 6. The van der Waals surface area contributed by atoms with Crippen LogP contribution in [0.4, 0.5) is 5.69 Å². The summed E-state index contributed by atoms with van der Waals surface area (Å²) in [4.78, 5) is 25.6. The summed E-state index contributed by atoms with van der Waals surface area (Å²) >= 11 is 0. The van der Waals surface area contributed by atoms with Gasteiger partial charge in [0.05, 0.1) is 13.7 Å². The van der Waals surface area contributed by atoms with Crippen LogP contribution in [0, 0.1) is 11.8 Å². The van der Waals surface area contributed by atoms with Crippen molar-refractivity contribution in [3.8, 4) is 23.3 Å². The number of nitrogens with one attached hydrogen (secondary N) is 1. The number of nitrogens with zero attached hydrogens (tertiary/aromatic N) is 1. The molecule has 0 atom stereocenters. The van der Waals surface area contributed by atoms with Gasteiger partial charge in [-0.3, -0.25) is 9.59 Å². The maximum Gasteiger partial charge on any atom is 0.258 e. The number of piperidine rings is 1. The maximum atomic E-state index is 12.0. The fourth-order valence-electron chi connectivity index (χ4n) is 2.96. The number of ether oxygens (including phenoxy) is 2. The summed E-state index contributed by atoms with van der Waals surface area (Å²) in [6.45, 7) is 0.929. The highest BCUT2D eigenvalue weighted by atomic mass is 16.5. The summed E-state index contributed by atoms with van der Waals surface area (Å²) in [7, 11) is 1.59. The van der Waals surface area contributed by atoms with Gasteiger partial charge in [0.1, 0.15) is 11.5 Å². The Kier molecular flexibility index (Phi) is 7.12. The topological polar surface area (TPSA) is 67.9 Å². The highest BCUT2D eigenvalue weighted by Gasteiger charge is 2.19. The van der Waals surface area contributed by atoms with Crippen LogP contribution in [0.15, 0.2) is 48.5 Å². The second-order valence-corrected chi connectivity index (χ2v) is 6.59. The first kappa shape index (κ1) is 20.3. The van der Waals surface area contributed by atoms with E-state index in [9.17, 15) is 9.59 Å². The van der Waals surface area contributed by atoms with E-state index in [4.69, 9.17) is 9.47 Å². The third-order valence-corrected chi connectivity index (χ3v) is 4.54. The van der Waals surface area contributed by atoms with Gasteiger partial charge in [-0.2, -0.15) is 0 Å². The van der Waals surface area contributed by atoms with Gasteiger partial charge in [-0.25, -0.2) is 0 Å². The van der Waals surface area contributed by atoms with Gasteiger partial charge in [-0.1, -0.05) is 11.8 Å². The quantitative estimate of drug-likeness (QED) is 0.768. The molecule has 6 nitrogen and oxygen atoms in total. The van der Waals surface area contributed by atoms with Crippen LogP contribution in [0.2, 0.25) is 0 Å². The molecule has 1 aliphatic rings. The number of methoxy groups -OCH3 is 1. The van der Waals surface area contributed by atoms with Gasteiger partial charge in [-0.15, -0.1) is 0 Å². The minimum Gasteiger partial charge on any atom is -0.497 e. The molecule has 1 aliphatic heterocycles. The van der Waals surface area contributed by atoms with Crippen LogP contribution in [0.25, 0.3) is 0 Å². The van der Waals surface area contributed by atoms with Gasteiger partial charge < -0.3 is 19.7 Å². The van der Waals surface area contributed by atoms with Gasteiger partial charge in [-0.05, 0) is 61.4 Å². The average Bonchev–Trinajstić information content (AvgIpc) is 2.76. The second kappa shape index (κ2) is 10.2. The SMILES string of the molecule is COc1ccc(OCC(=O)NCC#Cc2ccc(N3CCCCC3=O)cc2)cc1. The first-order valence-corrected chi connectivity index (χ1v) is 9.58. The van der Waals surface area contributed by atoms with Crippen molar-refractivity contribution < 1.29 is 19.1 Å². The van der Waals surface area contributed by atoms with Gasteiger partial charge in [0.25, 0.3) is 5.91 Å². The molecule has 0 spiro atoms. The van der Waals surface area contributed by atoms with Gasteiger partial charge in [0.15, 0.2) is 6.61 Å². The number of amides is 2. The van der Waals surface area contributed by atoms with Crippen molar-refractivity contribution >= 4 is 17.5 Å². The summed E-state index contributed by atoms with van der Waals surface area (Å²) in [5, 5.41) is 2.70. The van der Waals surface area contributed by atoms with Crippen LogP contribution in [0.3, 0.4) is 0 Å². The number of carbonyl (C=O) groups is 2. The molecule has 1 heterocycles. The average molecular weight is 392 g/mol. The lowest BCUT2D eigenvalue weighted by molar-refractivity contribution is -0.123. The fraction of sp³-hybridized carbons (Fsp3) is 0.304. The molecule has 0 radical (unpaired) electrons. The highest BCUT2D eigenvalue weighted by molar-refractivity contribution is 5.94. The van der Waals surface area contributed by atoms with E-state index < -0.39 is 0 Å². The van der Waals surface area contributed by atoms with Crippen molar-refractivity contribution in [1.29, 1.82) is 0 Å². The van der Waals surface area contributed by atoms with Crippen LogP contribution in [-0.4, -0.2) is 38.6 Å². The van der Waals surface area contributed by atoms with Crippen LogP contribution >= 0.6 is 0 Å². The molecule has 0 saturated carbocycles. The zero-order valence-corrected chi connectivity index (χ0v) is 16.4. The maximum absolute atomic E-state index is 12.0. The minimum atomic E-state index is -0.242. The van der Waals surface area contributed by atoms with Gasteiger partial charge in [0.2, 0.25) is 5.91 Å². The zero-order valence-electron chi connectivity index (χ0n) is 16.4. The Morgan fingerprint density at radius 2 is 1.79 bits per heavy atom. The van der Waals surface area contributed by atoms with Crippen molar-refractivity contribution in [2.24, 2.45) is 0 Å². The Morgan fingerprint density at radius 3 is 2.48 bits per heavy atom. The van der Waals surface area contributed by atoms with E-state index in [1.165, 1.54) is 0 Å². The molecular formula is C23H24N2O4. The Labute approximate surface area is 170 Å². The molecule has 0 bridgehead atoms. The fourth-order valence-corrected chi connectivity index (χ4v) is 2.96. The first-order valence-electron chi connectivity index (χ1n) is 9.58. The Morgan fingerprint density at radius 1 is 1.07 bits per heavy atom. The number of anilines is 1. The summed E-state index contributed by atoms with van der Waals surface area (Å²) in [6.07, 6.45) is 2.62. The van der Waals surface area contributed by atoms with Crippen molar-refractivity contribution in [3.63, 3.8) is 0 Å². The second-order valence-electron chi connectivity index (χ2n) is 6.59. The zero-order chi connectivity index (χ0) is 20.5. The molecule has 150 valence electrons. The number of hydrogen-bond acceptors (Lipinski definition) is 4. The lowest BCUT2D eigenvalue weighted by Crippen LogP contribution is -2.35. The molecule has 3 rings (SSSR count). The van der Waals surface area contributed by atoms with Crippen molar-refractivity contribution in [2.75, 3.05) is 31.7 Å². The minimum absolute atomic E-state index is 0.0768. The summed E-state index contributed by atoms with van der Waals surface area (Å²) in [5.41, 5.74) is 1.74. The molecule has 1 fully saturated rings. The molecule has 1 N–H and O–H groups in total. The highest BCUT2D eigenvalue weighted by Crippen LogP contribution is 2.21. The Bertz CT molecular complexity index is 895. The van der Waals surface area contributed by atoms with Crippen molar-refractivity contribution in [2.45, 2.75) is 19.3 Å². The van der Waals surface area contributed by atoms with E-state index in [1.54, 1.807) is 31.4 Å². The predicted octanol–water partition coefficient (Wildman–Crippen LogP) is 2.76. The number of benzene rings is 2. The third kappa shape index (κ3) is 6.01. The summed E-state index contributed by atoms with van der Waals surface area (Å²) in [5.74, 6) is 7.18.